The molecule has 36 heavy (non-hydrogen) atoms. The van der Waals surface area contributed by atoms with E-state index >= 15 is 0 Å². The summed E-state index contributed by atoms with van der Waals surface area (Å²) in [5, 5.41) is 18.5. The molecule has 0 atom stereocenters. The first-order valence-electron chi connectivity index (χ1n) is 11.8. The molecule has 1 saturated heterocycles. The van der Waals surface area contributed by atoms with Crippen LogP contribution in [0.1, 0.15) is 54.5 Å². The van der Waals surface area contributed by atoms with E-state index in [4.69, 9.17) is 16.9 Å². The van der Waals surface area contributed by atoms with E-state index in [1.807, 2.05) is 21.6 Å². The van der Waals surface area contributed by atoms with Crippen LogP contribution in [0.2, 0.25) is 5.02 Å². The molecule has 2 aliphatic heterocycles. The third kappa shape index (κ3) is 3.79. The van der Waals surface area contributed by atoms with Crippen molar-refractivity contribution in [3.05, 3.63) is 58.4 Å². The van der Waals surface area contributed by atoms with Gasteiger partial charge in [-0.15, -0.1) is 10.2 Å². The van der Waals surface area contributed by atoms with E-state index in [0.29, 0.717) is 35.6 Å². The number of piperidine rings is 1. The average molecular weight is 515 g/mol. The quantitative estimate of drug-likeness (QED) is 0.512. The smallest absolute Gasteiger partial charge is 0.341 e. The number of anilines is 1. The highest BCUT2D eigenvalue weighted by Crippen LogP contribution is 2.55. The lowest BCUT2D eigenvalue weighted by Crippen LogP contribution is -2.47. The lowest BCUT2D eigenvalue weighted by molar-refractivity contribution is -0.200. The van der Waals surface area contributed by atoms with Gasteiger partial charge < -0.3 is 4.90 Å². The Morgan fingerprint density at radius 1 is 1.08 bits per heavy atom. The Bertz CT molecular complexity index is 1350. The van der Waals surface area contributed by atoms with Gasteiger partial charge in [-0.1, -0.05) is 11.6 Å². The minimum atomic E-state index is -4.32. The summed E-state index contributed by atoms with van der Waals surface area (Å²) < 4.78 is 44.0. The highest BCUT2D eigenvalue weighted by molar-refractivity contribution is 6.30. The molecule has 3 aliphatic rings. The van der Waals surface area contributed by atoms with Crippen molar-refractivity contribution in [3.63, 3.8) is 0 Å². The fourth-order valence-corrected chi connectivity index (χ4v) is 5.59. The largest absolute Gasteiger partial charge is 0.406 e. The molecule has 8 nitrogen and oxygen atoms in total. The molecule has 186 valence electrons. The van der Waals surface area contributed by atoms with Crippen LogP contribution in [0.3, 0.4) is 0 Å². The van der Waals surface area contributed by atoms with Gasteiger partial charge in [0, 0.05) is 36.8 Å². The molecular formula is C24H22ClF3N8. The van der Waals surface area contributed by atoms with Gasteiger partial charge in [0.1, 0.15) is 23.1 Å². The van der Waals surface area contributed by atoms with Gasteiger partial charge in [0.15, 0.2) is 5.82 Å². The summed E-state index contributed by atoms with van der Waals surface area (Å²) in [6.45, 7) is 1.53. The Kier molecular flexibility index (Phi) is 5.42. The average Bonchev–Trinajstić information content (AvgIpc) is 3.62. The van der Waals surface area contributed by atoms with E-state index in [-0.39, 0.29) is 31.8 Å². The topological polar surface area (TPSA) is 86.8 Å². The van der Waals surface area contributed by atoms with Crippen molar-refractivity contribution in [1.82, 2.24) is 29.6 Å². The van der Waals surface area contributed by atoms with Crippen molar-refractivity contribution in [1.29, 1.82) is 5.26 Å². The molecule has 1 saturated carbocycles. The predicted octanol–water partition coefficient (Wildman–Crippen LogP) is 4.38. The summed E-state index contributed by atoms with van der Waals surface area (Å²) in [5.41, 5.74) is 0.00771. The highest BCUT2D eigenvalue weighted by Gasteiger charge is 2.66. The minimum absolute atomic E-state index is 0.0620. The van der Waals surface area contributed by atoms with Crippen LogP contribution in [0.5, 0.6) is 0 Å². The highest BCUT2D eigenvalue weighted by atomic mass is 35.5. The first-order valence-corrected chi connectivity index (χ1v) is 12.2. The second kappa shape index (κ2) is 8.42. The van der Waals surface area contributed by atoms with Crippen LogP contribution in [0.25, 0.3) is 5.69 Å². The third-order valence-corrected chi connectivity index (χ3v) is 7.72. The maximum absolute atomic E-state index is 14.0. The van der Waals surface area contributed by atoms with E-state index in [2.05, 4.69) is 20.2 Å². The van der Waals surface area contributed by atoms with Gasteiger partial charge in [0.2, 0.25) is 5.95 Å². The number of rotatable bonds is 3. The molecule has 6 rings (SSSR count). The molecule has 0 unspecified atom stereocenters. The van der Waals surface area contributed by atoms with E-state index in [9.17, 15) is 13.2 Å². The summed E-state index contributed by atoms with van der Waals surface area (Å²) in [4.78, 5) is 12.1. The van der Waals surface area contributed by atoms with Crippen molar-refractivity contribution in [3.8, 4) is 11.8 Å². The van der Waals surface area contributed by atoms with Crippen molar-refractivity contribution in [2.75, 3.05) is 18.0 Å². The first-order chi connectivity index (χ1) is 17.3. The fourth-order valence-electron chi connectivity index (χ4n) is 5.39. The zero-order chi connectivity index (χ0) is 25.1. The van der Waals surface area contributed by atoms with Crippen LogP contribution >= 0.6 is 11.6 Å². The van der Waals surface area contributed by atoms with Crippen LogP contribution in [-0.2, 0) is 13.1 Å². The standard InChI is InChI=1S/C24H22ClF3N8/c25-17-1-2-19-16(11-17)13-35(23(6-7-23)24(26,27)28)14-20-32-33-21(36(19)20)15-4-9-34(10-5-15)22-30-8-3-18(12-29)31-22/h1-3,8,11,15H,4-7,9-10,13-14H2. The molecule has 12 heteroatoms. The number of aromatic nitrogens is 5. The maximum atomic E-state index is 14.0. The predicted molar refractivity (Wildman–Crippen MR) is 125 cm³/mol. The number of benzene rings is 1. The second-order valence-corrected chi connectivity index (χ2v) is 10.0. The Balaban J connectivity index is 1.32. The number of hydrogen-bond donors (Lipinski definition) is 0. The first kappa shape index (κ1) is 23.2. The van der Waals surface area contributed by atoms with E-state index in [1.54, 1.807) is 24.4 Å². The van der Waals surface area contributed by atoms with Crippen molar-refractivity contribution in [2.24, 2.45) is 0 Å². The van der Waals surface area contributed by atoms with Gasteiger partial charge in [-0.3, -0.25) is 9.47 Å². The van der Waals surface area contributed by atoms with Gasteiger partial charge in [-0.2, -0.15) is 18.4 Å². The minimum Gasteiger partial charge on any atom is -0.341 e. The molecule has 4 heterocycles. The number of nitriles is 1. The molecule has 2 aromatic heterocycles. The van der Waals surface area contributed by atoms with Crippen molar-refractivity contribution < 1.29 is 13.2 Å². The van der Waals surface area contributed by atoms with Crippen LogP contribution in [0.15, 0.2) is 30.5 Å². The van der Waals surface area contributed by atoms with Crippen LogP contribution in [-0.4, -0.2) is 54.4 Å². The van der Waals surface area contributed by atoms with Crippen molar-refractivity contribution in [2.45, 2.75) is 56.4 Å². The summed E-state index contributed by atoms with van der Waals surface area (Å²) in [5.74, 6) is 1.84. The molecule has 0 amide bonds. The van der Waals surface area contributed by atoms with E-state index in [0.717, 1.165) is 29.9 Å². The number of fused-ring (bicyclic) bond motifs is 3. The van der Waals surface area contributed by atoms with Crippen LogP contribution in [0.4, 0.5) is 19.1 Å². The lowest BCUT2D eigenvalue weighted by atomic mass is 9.95. The van der Waals surface area contributed by atoms with Gasteiger partial charge >= 0.3 is 6.18 Å². The van der Waals surface area contributed by atoms with E-state index < -0.39 is 11.7 Å². The number of nitrogens with zero attached hydrogens (tertiary/aromatic N) is 8. The second-order valence-electron chi connectivity index (χ2n) is 9.58. The molecule has 0 bridgehead atoms. The SMILES string of the molecule is N#Cc1ccnc(N2CCC(c3nnc4n3-c3ccc(Cl)cc3CN(C3(C(F)(F)F)CC3)C4)CC2)n1. The summed E-state index contributed by atoms with van der Waals surface area (Å²) in [6, 6.07) is 8.95. The Morgan fingerprint density at radius 2 is 1.86 bits per heavy atom. The zero-order valence-corrected chi connectivity index (χ0v) is 20.0. The van der Waals surface area contributed by atoms with Gasteiger partial charge in [0.25, 0.3) is 0 Å². The summed E-state index contributed by atoms with van der Waals surface area (Å²) in [6.07, 6.45) is -1.08. The summed E-state index contributed by atoms with van der Waals surface area (Å²) in [7, 11) is 0. The molecular weight excluding hydrogens is 493 g/mol. The van der Waals surface area contributed by atoms with Crippen LogP contribution in [0, 0.1) is 11.3 Å². The molecule has 2 fully saturated rings. The normalized spacial score (nSPS) is 19.8. The van der Waals surface area contributed by atoms with Gasteiger partial charge in [0.05, 0.1) is 12.2 Å². The molecule has 0 N–H and O–H groups in total. The molecule has 3 aromatic rings. The lowest BCUT2D eigenvalue weighted by Gasteiger charge is -2.32. The number of halogens is 4. The fraction of sp³-hybridized carbons (Fsp3) is 0.458. The number of alkyl halides is 3. The molecule has 0 spiro atoms. The van der Waals surface area contributed by atoms with Gasteiger partial charge in [-0.25, -0.2) is 9.97 Å². The molecule has 1 aromatic carbocycles. The third-order valence-electron chi connectivity index (χ3n) is 7.49. The monoisotopic (exact) mass is 514 g/mol. The van der Waals surface area contributed by atoms with Gasteiger partial charge in [-0.05, 0) is 55.5 Å². The Labute approximate surface area is 210 Å². The Morgan fingerprint density at radius 3 is 2.56 bits per heavy atom. The van der Waals surface area contributed by atoms with Crippen LogP contribution < -0.4 is 4.90 Å². The summed E-state index contributed by atoms with van der Waals surface area (Å²) >= 11 is 6.26. The number of hydrogen-bond acceptors (Lipinski definition) is 7. The van der Waals surface area contributed by atoms with E-state index in [1.165, 1.54) is 4.90 Å². The molecule has 1 aliphatic carbocycles. The maximum Gasteiger partial charge on any atom is 0.406 e. The Hall–Kier alpha value is -3.23. The zero-order valence-electron chi connectivity index (χ0n) is 19.2. The van der Waals surface area contributed by atoms with Crippen molar-refractivity contribution >= 4 is 17.5 Å². The molecule has 0 radical (unpaired) electrons.